The molecular formula is C18H23BrNO3+. The van der Waals surface area contributed by atoms with Gasteiger partial charge in [0.1, 0.15) is 13.2 Å². The van der Waals surface area contributed by atoms with Crippen LogP contribution in [0, 0.1) is 0 Å². The first-order chi connectivity index (χ1) is 11.2. The van der Waals surface area contributed by atoms with Crippen molar-refractivity contribution in [1.29, 1.82) is 0 Å². The normalized spacial score (nSPS) is 10.6. The Labute approximate surface area is 145 Å². The molecule has 0 aliphatic heterocycles. The van der Waals surface area contributed by atoms with Gasteiger partial charge in [-0.05, 0) is 40.5 Å². The number of aliphatic hydroxyl groups is 1. The number of aliphatic hydroxyl groups excluding tert-OH is 1. The predicted molar refractivity (Wildman–Crippen MR) is 93.7 cm³/mol. The summed E-state index contributed by atoms with van der Waals surface area (Å²) in [5, 5.41) is 10.9. The molecule has 0 unspecified atom stereocenters. The van der Waals surface area contributed by atoms with Crippen LogP contribution in [0.5, 0.6) is 11.5 Å². The van der Waals surface area contributed by atoms with E-state index in [0.717, 1.165) is 33.6 Å². The molecule has 0 atom stereocenters. The summed E-state index contributed by atoms with van der Waals surface area (Å²) in [5.41, 5.74) is 2.24. The second-order valence-corrected chi connectivity index (χ2v) is 5.97. The van der Waals surface area contributed by atoms with Gasteiger partial charge in [0.2, 0.25) is 0 Å². The molecule has 0 bridgehead atoms. The van der Waals surface area contributed by atoms with Gasteiger partial charge in [-0.25, -0.2) is 0 Å². The molecule has 0 aromatic heterocycles. The van der Waals surface area contributed by atoms with E-state index in [9.17, 15) is 0 Å². The van der Waals surface area contributed by atoms with E-state index in [-0.39, 0.29) is 6.61 Å². The van der Waals surface area contributed by atoms with Crippen LogP contribution in [0.25, 0.3) is 0 Å². The Hall–Kier alpha value is -1.56. The monoisotopic (exact) mass is 380 g/mol. The molecule has 0 saturated carbocycles. The maximum absolute atomic E-state index is 8.87. The predicted octanol–water partition coefficient (Wildman–Crippen LogP) is 2.48. The summed E-state index contributed by atoms with van der Waals surface area (Å²) in [6.07, 6.45) is 0. The van der Waals surface area contributed by atoms with Crippen molar-refractivity contribution in [2.75, 3.05) is 19.8 Å². The second-order valence-electron chi connectivity index (χ2n) is 5.12. The minimum Gasteiger partial charge on any atom is -0.490 e. The van der Waals surface area contributed by atoms with Gasteiger partial charge >= 0.3 is 0 Å². The van der Waals surface area contributed by atoms with E-state index in [4.69, 9.17) is 14.6 Å². The highest BCUT2D eigenvalue weighted by Gasteiger charge is 2.13. The van der Waals surface area contributed by atoms with Crippen LogP contribution < -0.4 is 14.8 Å². The van der Waals surface area contributed by atoms with Crippen molar-refractivity contribution in [2.45, 2.75) is 20.1 Å². The number of halogens is 1. The SMILES string of the molecule is CCOc1cc(C[NH2+]CCO)cc(Br)c1OCc1ccccc1. The standard InChI is InChI=1S/C18H22BrNO3/c1-2-22-17-11-15(12-20-8-9-21)10-16(19)18(17)23-13-14-6-4-3-5-7-14/h3-7,10-11,20-21H,2,8-9,12-13H2,1H3/p+1. The number of benzene rings is 2. The fourth-order valence-corrected chi connectivity index (χ4v) is 2.84. The van der Waals surface area contributed by atoms with Crippen LogP contribution in [0.3, 0.4) is 0 Å². The molecule has 5 heteroatoms. The Morgan fingerprint density at radius 3 is 2.57 bits per heavy atom. The maximum atomic E-state index is 8.87. The third-order valence-corrected chi connectivity index (χ3v) is 3.90. The minimum absolute atomic E-state index is 0.178. The summed E-state index contributed by atoms with van der Waals surface area (Å²) in [6.45, 7) is 4.69. The summed E-state index contributed by atoms with van der Waals surface area (Å²) < 4.78 is 12.6. The quantitative estimate of drug-likeness (QED) is 0.657. The molecule has 0 spiro atoms. The van der Waals surface area contributed by atoms with Crippen LogP contribution >= 0.6 is 15.9 Å². The van der Waals surface area contributed by atoms with E-state index in [0.29, 0.717) is 19.8 Å². The van der Waals surface area contributed by atoms with E-state index in [1.54, 1.807) is 0 Å². The number of quaternary nitrogens is 1. The van der Waals surface area contributed by atoms with E-state index < -0.39 is 0 Å². The van der Waals surface area contributed by atoms with Gasteiger partial charge in [0, 0.05) is 5.56 Å². The van der Waals surface area contributed by atoms with E-state index in [2.05, 4.69) is 21.2 Å². The van der Waals surface area contributed by atoms with Gasteiger partial charge in [-0.15, -0.1) is 0 Å². The molecule has 0 saturated heterocycles. The fraction of sp³-hybridized carbons (Fsp3) is 0.333. The Morgan fingerprint density at radius 1 is 1.09 bits per heavy atom. The highest BCUT2D eigenvalue weighted by Crippen LogP contribution is 2.37. The molecule has 124 valence electrons. The first kappa shape index (κ1) is 17.8. The van der Waals surface area contributed by atoms with Gasteiger partial charge in [-0.2, -0.15) is 0 Å². The minimum atomic E-state index is 0.178. The van der Waals surface area contributed by atoms with Crippen LogP contribution in [0.1, 0.15) is 18.1 Å². The third-order valence-electron chi connectivity index (χ3n) is 3.31. The smallest absolute Gasteiger partial charge is 0.175 e. The molecule has 0 heterocycles. The highest BCUT2D eigenvalue weighted by molar-refractivity contribution is 9.10. The van der Waals surface area contributed by atoms with E-state index in [1.165, 1.54) is 0 Å². The van der Waals surface area contributed by atoms with Crippen molar-refractivity contribution in [3.63, 3.8) is 0 Å². The summed E-state index contributed by atoms with van der Waals surface area (Å²) in [6, 6.07) is 14.1. The summed E-state index contributed by atoms with van der Waals surface area (Å²) in [4.78, 5) is 0. The Bertz CT molecular complexity index is 605. The fourth-order valence-electron chi connectivity index (χ4n) is 2.23. The number of rotatable bonds is 9. The maximum Gasteiger partial charge on any atom is 0.175 e. The van der Waals surface area contributed by atoms with E-state index >= 15 is 0 Å². The van der Waals surface area contributed by atoms with Crippen LogP contribution in [-0.2, 0) is 13.2 Å². The van der Waals surface area contributed by atoms with Gasteiger partial charge in [0.25, 0.3) is 0 Å². The molecule has 0 aliphatic carbocycles. The largest absolute Gasteiger partial charge is 0.490 e. The summed E-state index contributed by atoms with van der Waals surface area (Å²) in [7, 11) is 0. The molecule has 2 aromatic rings. The molecule has 23 heavy (non-hydrogen) atoms. The molecule has 0 amide bonds. The van der Waals surface area contributed by atoms with Crippen molar-refractivity contribution in [1.82, 2.24) is 0 Å². The van der Waals surface area contributed by atoms with Crippen molar-refractivity contribution >= 4 is 15.9 Å². The molecule has 0 fully saturated rings. The van der Waals surface area contributed by atoms with Crippen LogP contribution in [0.4, 0.5) is 0 Å². The van der Waals surface area contributed by atoms with Crippen molar-refractivity contribution < 1.29 is 19.9 Å². The summed E-state index contributed by atoms with van der Waals surface area (Å²) >= 11 is 3.58. The average molecular weight is 381 g/mol. The number of nitrogens with two attached hydrogens (primary N) is 1. The summed E-state index contributed by atoms with van der Waals surface area (Å²) in [5.74, 6) is 1.46. The number of hydrogen-bond donors (Lipinski definition) is 2. The first-order valence-corrected chi connectivity index (χ1v) is 8.58. The molecule has 2 rings (SSSR count). The third kappa shape index (κ3) is 5.53. The molecule has 2 aromatic carbocycles. The Balaban J connectivity index is 2.13. The van der Waals surface area contributed by atoms with Crippen LogP contribution in [-0.4, -0.2) is 24.9 Å². The number of ether oxygens (including phenoxy) is 2. The van der Waals surface area contributed by atoms with Crippen LogP contribution in [0.2, 0.25) is 0 Å². The van der Waals surface area contributed by atoms with Crippen molar-refractivity contribution in [3.05, 3.63) is 58.1 Å². The molecule has 0 radical (unpaired) electrons. The zero-order chi connectivity index (χ0) is 16.5. The second kappa shape index (κ2) is 9.55. The lowest BCUT2D eigenvalue weighted by atomic mass is 10.2. The lowest BCUT2D eigenvalue weighted by molar-refractivity contribution is -0.671. The van der Waals surface area contributed by atoms with Gasteiger partial charge < -0.3 is 19.9 Å². The lowest BCUT2D eigenvalue weighted by Gasteiger charge is -2.15. The van der Waals surface area contributed by atoms with Crippen molar-refractivity contribution in [2.24, 2.45) is 0 Å². The lowest BCUT2D eigenvalue weighted by Crippen LogP contribution is -2.83. The topological polar surface area (TPSA) is 55.3 Å². The van der Waals surface area contributed by atoms with Gasteiger partial charge in [-0.1, -0.05) is 30.3 Å². The molecule has 0 aliphatic rings. The Morgan fingerprint density at radius 2 is 1.87 bits per heavy atom. The van der Waals surface area contributed by atoms with Crippen LogP contribution in [0.15, 0.2) is 46.9 Å². The molecule has 3 N–H and O–H groups in total. The molecule has 4 nitrogen and oxygen atoms in total. The van der Waals surface area contributed by atoms with Gasteiger partial charge in [-0.3, -0.25) is 0 Å². The zero-order valence-electron chi connectivity index (χ0n) is 13.3. The zero-order valence-corrected chi connectivity index (χ0v) is 14.9. The van der Waals surface area contributed by atoms with Gasteiger partial charge in [0.15, 0.2) is 11.5 Å². The van der Waals surface area contributed by atoms with Crippen molar-refractivity contribution in [3.8, 4) is 11.5 Å². The first-order valence-electron chi connectivity index (χ1n) is 7.79. The average Bonchev–Trinajstić information content (AvgIpc) is 2.55. The number of hydrogen-bond acceptors (Lipinski definition) is 3. The molecular weight excluding hydrogens is 358 g/mol. The van der Waals surface area contributed by atoms with Gasteiger partial charge in [0.05, 0.1) is 24.2 Å². The van der Waals surface area contributed by atoms with E-state index in [1.807, 2.05) is 49.4 Å². The highest BCUT2D eigenvalue weighted by atomic mass is 79.9. The Kier molecular flexibility index (Phi) is 7.39.